The zero-order valence-corrected chi connectivity index (χ0v) is 16.7. The van der Waals surface area contributed by atoms with Crippen LogP contribution in [0.2, 0.25) is 0 Å². The fourth-order valence-electron chi connectivity index (χ4n) is 3.94. The van der Waals surface area contributed by atoms with Crippen LogP contribution in [0, 0.1) is 17.6 Å². The van der Waals surface area contributed by atoms with E-state index in [1.54, 1.807) is 36.4 Å². The third-order valence-electron chi connectivity index (χ3n) is 5.63. The second kappa shape index (κ2) is 8.68. The van der Waals surface area contributed by atoms with Gasteiger partial charge in [0.25, 0.3) is 5.91 Å². The van der Waals surface area contributed by atoms with E-state index in [2.05, 4.69) is 5.32 Å². The lowest BCUT2D eigenvalue weighted by molar-refractivity contribution is 0.0899. The summed E-state index contributed by atoms with van der Waals surface area (Å²) in [4.78, 5) is 25.1. The Morgan fingerprint density at radius 1 is 1.03 bits per heavy atom. The number of amides is 1. The van der Waals surface area contributed by atoms with Crippen molar-refractivity contribution in [2.24, 2.45) is 5.92 Å². The molecule has 0 spiro atoms. The standard InChI is InChI=1S/C25H21F2NO3/c26-20-7-10-23(27)19(12-20)14-28-25(31)16-3-1-15(2-4-16)11-18-6-5-17-13-21(29)8-9-22(17)24(18)30/h1-4,7-10,12-13,18,29H,5-6,11,14H2,(H,28,31). The van der Waals surface area contributed by atoms with Crippen LogP contribution in [0.3, 0.4) is 0 Å². The number of benzene rings is 3. The number of rotatable bonds is 5. The molecule has 6 heteroatoms. The van der Waals surface area contributed by atoms with Crippen molar-refractivity contribution in [2.45, 2.75) is 25.8 Å². The van der Waals surface area contributed by atoms with E-state index in [-0.39, 0.29) is 29.6 Å². The molecule has 4 rings (SSSR count). The van der Waals surface area contributed by atoms with E-state index in [1.807, 2.05) is 0 Å². The molecule has 1 atom stereocenters. The number of aryl methyl sites for hydroxylation is 1. The van der Waals surface area contributed by atoms with Crippen LogP contribution in [-0.4, -0.2) is 16.8 Å². The summed E-state index contributed by atoms with van der Waals surface area (Å²) in [5, 5.41) is 12.2. The van der Waals surface area contributed by atoms with Crippen LogP contribution in [0.25, 0.3) is 0 Å². The molecule has 1 unspecified atom stereocenters. The van der Waals surface area contributed by atoms with Gasteiger partial charge in [0.1, 0.15) is 17.4 Å². The predicted octanol–water partition coefficient (Wildman–Crippen LogP) is 4.59. The first-order chi connectivity index (χ1) is 14.9. The Hall–Kier alpha value is -3.54. The van der Waals surface area contributed by atoms with Crippen LogP contribution >= 0.6 is 0 Å². The third kappa shape index (κ3) is 4.63. The molecule has 3 aromatic carbocycles. The highest BCUT2D eigenvalue weighted by molar-refractivity contribution is 6.00. The van der Waals surface area contributed by atoms with Crippen molar-refractivity contribution in [3.63, 3.8) is 0 Å². The maximum absolute atomic E-state index is 13.7. The molecule has 1 amide bonds. The first-order valence-corrected chi connectivity index (χ1v) is 10.1. The summed E-state index contributed by atoms with van der Waals surface area (Å²) in [5.74, 6) is -1.44. The van der Waals surface area contributed by atoms with Crippen LogP contribution in [-0.2, 0) is 19.4 Å². The second-order valence-electron chi connectivity index (χ2n) is 7.76. The van der Waals surface area contributed by atoms with Crippen molar-refractivity contribution >= 4 is 11.7 Å². The Morgan fingerprint density at radius 3 is 2.58 bits per heavy atom. The van der Waals surface area contributed by atoms with Crippen LogP contribution in [0.1, 0.15) is 43.8 Å². The van der Waals surface area contributed by atoms with Crippen LogP contribution in [0.15, 0.2) is 60.7 Å². The number of phenols is 1. The van der Waals surface area contributed by atoms with Gasteiger partial charge >= 0.3 is 0 Å². The summed E-state index contributed by atoms with van der Waals surface area (Å²) in [6.07, 6.45) is 2.00. The van der Waals surface area contributed by atoms with Gasteiger partial charge in [0.05, 0.1) is 0 Å². The number of nitrogens with one attached hydrogen (secondary N) is 1. The number of carbonyl (C=O) groups excluding carboxylic acids is 2. The summed E-state index contributed by atoms with van der Waals surface area (Å²) in [6, 6.07) is 14.9. The zero-order chi connectivity index (χ0) is 22.0. The highest BCUT2D eigenvalue weighted by Crippen LogP contribution is 2.30. The minimum atomic E-state index is -0.578. The van der Waals surface area contributed by atoms with Gasteiger partial charge in [0.15, 0.2) is 5.78 Å². The Kier molecular flexibility index (Phi) is 5.80. The van der Waals surface area contributed by atoms with E-state index in [0.29, 0.717) is 24.0 Å². The molecule has 3 aromatic rings. The maximum Gasteiger partial charge on any atom is 0.251 e. The number of hydrogen-bond donors (Lipinski definition) is 2. The predicted molar refractivity (Wildman–Crippen MR) is 112 cm³/mol. The molecule has 1 aliphatic rings. The van der Waals surface area contributed by atoms with Crippen molar-refractivity contribution < 1.29 is 23.5 Å². The largest absolute Gasteiger partial charge is 0.508 e. The van der Waals surface area contributed by atoms with Crippen molar-refractivity contribution in [1.82, 2.24) is 5.32 Å². The maximum atomic E-state index is 13.7. The number of carbonyl (C=O) groups is 2. The highest BCUT2D eigenvalue weighted by atomic mass is 19.1. The molecule has 0 aliphatic heterocycles. The second-order valence-corrected chi connectivity index (χ2v) is 7.76. The Balaban J connectivity index is 1.38. The van der Waals surface area contributed by atoms with Gasteiger partial charge in [-0.15, -0.1) is 0 Å². The topological polar surface area (TPSA) is 66.4 Å². The van der Waals surface area contributed by atoms with Gasteiger partial charge in [-0.1, -0.05) is 12.1 Å². The van der Waals surface area contributed by atoms with E-state index in [9.17, 15) is 23.5 Å². The molecular formula is C25H21F2NO3. The van der Waals surface area contributed by atoms with E-state index >= 15 is 0 Å². The van der Waals surface area contributed by atoms with Gasteiger partial charge in [0, 0.05) is 29.2 Å². The molecule has 2 N–H and O–H groups in total. The zero-order valence-electron chi connectivity index (χ0n) is 16.7. The molecule has 0 bridgehead atoms. The summed E-state index contributed by atoms with van der Waals surface area (Å²) in [5.41, 5.74) is 2.96. The molecular weight excluding hydrogens is 400 g/mol. The minimum absolute atomic E-state index is 0.0696. The lowest BCUT2D eigenvalue weighted by atomic mass is 9.79. The van der Waals surface area contributed by atoms with Crippen molar-refractivity contribution in [2.75, 3.05) is 0 Å². The number of hydrogen-bond acceptors (Lipinski definition) is 3. The van der Waals surface area contributed by atoms with E-state index < -0.39 is 17.5 Å². The fourth-order valence-corrected chi connectivity index (χ4v) is 3.94. The molecule has 0 heterocycles. The molecule has 0 aromatic heterocycles. The smallest absolute Gasteiger partial charge is 0.251 e. The lowest BCUT2D eigenvalue weighted by Gasteiger charge is -2.23. The average molecular weight is 421 g/mol. The fraction of sp³-hybridized carbons (Fsp3) is 0.200. The Morgan fingerprint density at radius 2 is 1.81 bits per heavy atom. The van der Waals surface area contributed by atoms with E-state index in [4.69, 9.17) is 0 Å². The first kappa shape index (κ1) is 20.7. The van der Waals surface area contributed by atoms with Gasteiger partial charge in [-0.3, -0.25) is 9.59 Å². The average Bonchev–Trinajstić information content (AvgIpc) is 2.76. The highest BCUT2D eigenvalue weighted by Gasteiger charge is 2.27. The number of fused-ring (bicyclic) bond motifs is 1. The van der Waals surface area contributed by atoms with Gasteiger partial charge in [-0.2, -0.15) is 0 Å². The van der Waals surface area contributed by atoms with E-state index in [1.165, 1.54) is 6.07 Å². The molecule has 158 valence electrons. The normalized spacial score (nSPS) is 15.4. The number of aromatic hydroxyl groups is 1. The molecule has 1 aliphatic carbocycles. The first-order valence-electron chi connectivity index (χ1n) is 10.1. The van der Waals surface area contributed by atoms with Crippen molar-refractivity contribution in [3.8, 4) is 5.75 Å². The van der Waals surface area contributed by atoms with Gasteiger partial charge in [-0.25, -0.2) is 8.78 Å². The summed E-state index contributed by atoms with van der Waals surface area (Å²) >= 11 is 0. The molecule has 0 radical (unpaired) electrons. The van der Waals surface area contributed by atoms with Crippen molar-refractivity contribution in [3.05, 3.63) is 100 Å². The van der Waals surface area contributed by atoms with Crippen LogP contribution in [0.5, 0.6) is 5.75 Å². The van der Waals surface area contributed by atoms with Crippen molar-refractivity contribution in [1.29, 1.82) is 0 Å². The number of Topliss-reactive ketones (excluding diaryl/α,β-unsaturated/α-hetero) is 1. The Bertz CT molecular complexity index is 1140. The number of phenolic OH excluding ortho intramolecular Hbond substituents is 1. The summed E-state index contributed by atoms with van der Waals surface area (Å²) in [7, 11) is 0. The van der Waals surface area contributed by atoms with Gasteiger partial charge < -0.3 is 10.4 Å². The third-order valence-corrected chi connectivity index (χ3v) is 5.63. The van der Waals surface area contributed by atoms with Gasteiger partial charge in [-0.05, 0) is 78.9 Å². The molecule has 0 saturated carbocycles. The van der Waals surface area contributed by atoms with Gasteiger partial charge in [0.2, 0.25) is 0 Å². The summed E-state index contributed by atoms with van der Waals surface area (Å²) in [6.45, 7) is -0.115. The van der Waals surface area contributed by atoms with E-state index in [0.717, 1.165) is 35.7 Å². The monoisotopic (exact) mass is 421 g/mol. The lowest BCUT2D eigenvalue weighted by Crippen LogP contribution is -2.25. The molecule has 4 nitrogen and oxygen atoms in total. The number of halogens is 2. The molecule has 0 fully saturated rings. The van der Waals surface area contributed by atoms with Crippen LogP contribution < -0.4 is 5.32 Å². The molecule has 31 heavy (non-hydrogen) atoms. The Labute approximate surface area is 178 Å². The minimum Gasteiger partial charge on any atom is -0.508 e. The quantitative estimate of drug-likeness (QED) is 0.633. The van der Waals surface area contributed by atoms with Crippen LogP contribution in [0.4, 0.5) is 8.78 Å². The SMILES string of the molecule is O=C(NCc1cc(F)ccc1F)c1ccc(CC2CCc3cc(O)ccc3C2=O)cc1. The number of ketones is 1. The summed E-state index contributed by atoms with van der Waals surface area (Å²) < 4.78 is 26.9. The molecule has 0 saturated heterocycles.